The van der Waals surface area contributed by atoms with Crippen LogP contribution in [0.15, 0.2) is 24.3 Å². The summed E-state index contributed by atoms with van der Waals surface area (Å²) in [5.41, 5.74) is 0.0356. The van der Waals surface area contributed by atoms with E-state index >= 15 is 0 Å². The number of benzene rings is 1. The Hall–Kier alpha value is -1.41. The van der Waals surface area contributed by atoms with E-state index in [1.165, 1.54) is 12.1 Å². The Balaban J connectivity index is 0.00000264. The van der Waals surface area contributed by atoms with Gasteiger partial charge in [-0.2, -0.15) is 0 Å². The average Bonchev–Trinajstić information content (AvgIpc) is 2.52. The average molecular weight is 346 g/mol. The number of ether oxygens (including phenoxy) is 2. The topological polar surface area (TPSA) is 68.1 Å². The number of non-ortho nitro benzene ring substituents is 1. The molecule has 0 radical (unpaired) electrons. The molecule has 0 aliphatic carbocycles. The summed E-state index contributed by atoms with van der Waals surface area (Å²) >= 11 is 0. The summed E-state index contributed by atoms with van der Waals surface area (Å²) in [6.45, 7) is 6.88. The first-order chi connectivity index (χ1) is 10.6. The lowest BCUT2D eigenvalue weighted by molar-refractivity contribution is -0.384. The van der Waals surface area contributed by atoms with Crippen LogP contribution in [0.2, 0.25) is 0 Å². The number of rotatable bonds is 8. The smallest absolute Gasteiger partial charge is 0.273 e. The summed E-state index contributed by atoms with van der Waals surface area (Å²) in [6, 6.07) is 6.18. The van der Waals surface area contributed by atoms with Crippen LogP contribution in [0.3, 0.4) is 0 Å². The molecule has 23 heavy (non-hydrogen) atoms. The van der Waals surface area contributed by atoms with Gasteiger partial charge in [-0.25, -0.2) is 0 Å². The van der Waals surface area contributed by atoms with E-state index in [-0.39, 0.29) is 18.1 Å². The molecule has 0 spiro atoms. The molecule has 1 aliphatic rings. The second kappa shape index (κ2) is 10.4. The summed E-state index contributed by atoms with van der Waals surface area (Å²) in [5.74, 6) is 0.497. The number of likely N-dealkylation sites (N-methyl/N-ethyl adjacent to an activating group) is 1. The summed E-state index contributed by atoms with van der Waals surface area (Å²) in [5, 5.41) is 10.7. The summed E-state index contributed by atoms with van der Waals surface area (Å²) < 4.78 is 11.0. The van der Waals surface area contributed by atoms with Crippen LogP contribution in [0.5, 0.6) is 5.75 Å². The third kappa shape index (κ3) is 7.13. The van der Waals surface area contributed by atoms with Gasteiger partial charge in [0.15, 0.2) is 0 Å². The molecule has 130 valence electrons. The monoisotopic (exact) mass is 345 g/mol. The highest BCUT2D eigenvalue weighted by Gasteiger charge is 2.12. The van der Waals surface area contributed by atoms with Gasteiger partial charge in [0.25, 0.3) is 5.69 Å². The molecule has 2 rings (SSSR count). The molecule has 0 unspecified atom stereocenters. The van der Waals surface area contributed by atoms with Crippen molar-refractivity contribution in [1.29, 1.82) is 0 Å². The minimum absolute atomic E-state index is 0. The first kappa shape index (κ1) is 19.6. The van der Waals surface area contributed by atoms with Crippen molar-refractivity contribution in [2.45, 2.75) is 0 Å². The zero-order valence-electron chi connectivity index (χ0n) is 13.3. The summed E-state index contributed by atoms with van der Waals surface area (Å²) in [6.07, 6.45) is 0. The highest BCUT2D eigenvalue weighted by Crippen LogP contribution is 2.18. The van der Waals surface area contributed by atoms with Gasteiger partial charge >= 0.3 is 0 Å². The molecule has 1 heterocycles. The molecular formula is C15H24ClN3O4. The summed E-state index contributed by atoms with van der Waals surface area (Å²) in [7, 11) is 2.14. The molecule has 7 nitrogen and oxygen atoms in total. The van der Waals surface area contributed by atoms with Crippen molar-refractivity contribution < 1.29 is 14.4 Å². The maximum absolute atomic E-state index is 10.7. The Kier molecular flexibility index (Phi) is 8.86. The lowest BCUT2D eigenvalue weighted by Crippen LogP contribution is -2.45. The molecule has 0 bridgehead atoms. The van der Waals surface area contributed by atoms with E-state index in [9.17, 15) is 10.1 Å². The highest BCUT2D eigenvalue weighted by atomic mass is 35.5. The van der Waals surface area contributed by atoms with Crippen molar-refractivity contribution in [2.75, 3.05) is 59.6 Å². The molecule has 1 aromatic rings. The van der Waals surface area contributed by atoms with Crippen molar-refractivity contribution in [3.8, 4) is 5.75 Å². The predicted octanol–water partition coefficient (Wildman–Crippen LogP) is 1.66. The molecule has 0 aromatic heterocycles. The minimum Gasteiger partial charge on any atom is -0.491 e. The van der Waals surface area contributed by atoms with E-state index in [4.69, 9.17) is 9.47 Å². The van der Waals surface area contributed by atoms with Crippen molar-refractivity contribution in [1.82, 2.24) is 9.80 Å². The van der Waals surface area contributed by atoms with Crippen molar-refractivity contribution >= 4 is 18.1 Å². The Morgan fingerprint density at radius 3 is 2.61 bits per heavy atom. The zero-order valence-corrected chi connectivity index (χ0v) is 14.2. The van der Waals surface area contributed by atoms with Crippen molar-refractivity contribution in [2.24, 2.45) is 0 Å². The highest BCUT2D eigenvalue weighted by molar-refractivity contribution is 5.85. The fourth-order valence-electron chi connectivity index (χ4n) is 2.27. The molecule has 1 aromatic carbocycles. The van der Waals surface area contributed by atoms with Gasteiger partial charge in [-0.05, 0) is 13.1 Å². The molecule has 0 amide bonds. The molecule has 0 N–H and O–H groups in total. The van der Waals surface area contributed by atoms with Crippen molar-refractivity contribution in [3.05, 3.63) is 34.4 Å². The zero-order chi connectivity index (χ0) is 15.8. The first-order valence-corrected chi connectivity index (χ1v) is 7.51. The van der Waals surface area contributed by atoms with Crippen LogP contribution in [0.1, 0.15) is 0 Å². The molecule has 8 heteroatoms. The SMILES string of the molecule is CN1CCN(CCOCCOc2cccc([N+](=O)[O-])c2)CC1.Cl. The lowest BCUT2D eigenvalue weighted by Gasteiger charge is -2.32. The molecular weight excluding hydrogens is 322 g/mol. The van der Waals surface area contributed by atoms with Crippen LogP contribution in [-0.4, -0.2) is 74.3 Å². The van der Waals surface area contributed by atoms with E-state index in [2.05, 4.69) is 16.8 Å². The fraction of sp³-hybridized carbons (Fsp3) is 0.600. The van der Waals surface area contributed by atoms with Crippen LogP contribution >= 0.6 is 12.4 Å². The van der Waals surface area contributed by atoms with Gasteiger partial charge in [-0.1, -0.05) is 6.07 Å². The third-order valence-electron chi connectivity index (χ3n) is 3.67. The van der Waals surface area contributed by atoms with Crippen LogP contribution in [0, 0.1) is 10.1 Å². The van der Waals surface area contributed by atoms with Gasteiger partial charge in [-0.15, -0.1) is 12.4 Å². The number of piperazine rings is 1. The van der Waals surface area contributed by atoms with Gasteiger partial charge in [0.05, 0.1) is 24.2 Å². The molecule has 1 aliphatic heterocycles. The fourth-order valence-corrected chi connectivity index (χ4v) is 2.27. The van der Waals surface area contributed by atoms with Crippen LogP contribution in [-0.2, 0) is 4.74 Å². The second-order valence-electron chi connectivity index (χ2n) is 5.36. The predicted molar refractivity (Wildman–Crippen MR) is 90.6 cm³/mol. The van der Waals surface area contributed by atoms with Gasteiger partial charge in [0.1, 0.15) is 12.4 Å². The number of nitro groups is 1. The molecule has 1 saturated heterocycles. The van der Waals surface area contributed by atoms with E-state index in [1.807, 2.05) is 0 Å². The minimum atomic E-state index is -0.431. The Morgan fingerprint density at radius 1 is 1.17 bits per heavy atom. The molecule has 1 fully saturated rings. The van der Waals surface area contributed by atoms with Gasteiger partial charge in [0.2, 0.25) is 0 Å². The number of hydrogen-bond acceptors (Lipinski definition) is 6. The molecule has 0 saturated carbocycles. The quantitative estimate of drug-likeness (QED) is 0.405. The third-order valence-corrected chi connectivity index (χ3v) is 3.67. The number of nitro benzene ring substituents is 1. The van der Waals surface area contributed by atoms with E-state index < -0.39 is 4.92 Å². The Bertz CT molecular complexity index is 482. The molecule has 0 atom stereocenters. The number of hydrogen-bond donors (Lipinski definition) is 0. The maximum Gasteiger partial charge on any atom is 0.273 e. The maximum atomic E-state index is 10.7. The Labute approximate surface area is 142 Å². The van der Waals surface area contributed by atoms with Crippen LogP contribution < -0.4 is 4.74 Å². The largest absolute Gasteiger partial charge is 0.491 e. The van der Waals surface area contributed by atoms with E-state index in [0.717, 1.165) is 32.7 Å². The number of halogens is 1. The van der Waals surface area contributed by atoms with Gasteiger partial charge in [0, 0.05) is 38.8 Å². The van der Waals surface area contributed by atoms with E-state index in [1.54, 1.807) is 12.1 Å². The second-order valence-corrected chi connectivity index (χ2v) is 5.36. The van der Waals surface area contributed by atoms with Gasteiger partial charge < -0.3 is 14.4 Å². The van der Waals surface area contributed by atoms with Crippen LogP contribution in [0.4, 0.5) is 5.69 Å². The standard InChI is InChI=1S/C15H23N3O4.ClH/c1-16-5-7-17(8-6-16)9-10-21-11-12-22-15-4-2-3-14(13-15)18(19)20;/h2-4,13H,5-12H2,1H3;1H. The van der Waals surface area contributed by atoms with Crippen LogP contribution in [0.25, 0.3) is 0 Å². The normalized spacial score (nSPS) is 15.9. The first-order valence-electron chi connectivity index (χ1n) is 7.51. The summed E-state index contributed by atoms with van der Waals surface area (Å²) in [4.78, 5) is 14.9. The van der Waals surface area contributed by atoms with Crippen molar-refractivity contribution in [3.63, 3.8) is 0 Å². The Morgan fingerprint density at radius 2 is 1.91 bits per heavy atom. The number of nitrogens with zero attached hydrogens (tertiary/aromatic N) is 3. The van der Waals surface area contributed by atoms with E-state index in [0.29, 0.717) is 25.6 Å². The lowest BCUT2D eigenvalue weighted by atomic mass is 10.3. The van der Waals surface area contributed by atoms with Gasteiger partial charge in [-0.3, -0.25) is 15.0 Å².